The predicted octanol–water partition coefficient (Wildman–Crippen LogP) is 3.67. The summed E-state index contributed by atoms with van der Waals surface area (Å²) in [4.78, 5) is 24.5. The molecule has 0 amide bonds. The van der Waals surface area contributed by atoms with Crippen molar-refractivity contribution in [2.24, 2.45) is 10.8 Å². The van der Waals surface area contributed by atoms with Crippen LogP contribution in [0.4, 0.5) is 0 Å². The number of carbonyl (C=O) groups excluding carboxylic acids is 2. The van der Waals surface area contributed by atoms with E-state index in [0.717, 1.165) is 10.0 Å². The molecule has 0 N–H and O–H groups in total. The molecule has 1 aliphatic rings. The van der Waals surface area contributed by atoms with E-state index in [4.69, 9.17) is 4.74 Å². The zero-order valence-electron chi connectivity index (χ0n) is 11.5. The number of benzene rings is 1. The summed E-state index contributed by atoms with van der Waals surface area (Å²) < 4.78 is 6.49. The number of rotatable bonds is 1. The molecule has 102 valence electrons. The molecule has 0 aromatic heterocycles. The molecule has 1 aromatic rings. The van der Waals surface area contributed by atoms with Gasteiger partial charge in [-0.1, -0.05) is 28.1 Å². The van der Waals surface area contributed by atoms with E-state index < -0.39 is 22.9 Å². The fraction of sp³-hybridized carbons (Fsp3) is 0.467. The highest BCUT2D eigenvalue weighted by molar-refractivity contribution is 9.10. The summed E-state index contributed by atoms with van der Waals surface area (Å²) >= 11 is 3.37. The van der Waals surface area contributed by atoms with Gasteiger partial charge in [-0.05, 0) is 45.4 Å². The van der Waals surface area contributed by atoms with Gasteiger partial charge in [-0.25, -0.2) is 0 Å². The Balaban J connectivity index is 2.45. The van der Waals surface area contributed by atoms with Gasteiger partial charge in [0.15, 0.2) is 5.78 Å². The van der Waals surface area contributed by atoms with Crippen molar-refractivity contribution >= 4 is 27.7 Å². The first-order chi connectivity index (χ1) is 8.67. The number of halogens is 1. The monoisotopic (exact) mass is 324 g/mol. The zero-order valence-corrected chi connectivity index (χ0v) is 13.1. The number of Topliss-reactive ketones (excluding diaryl/α,β-unsaturated/α-hetero) is 1. The van der Waals surface area contributed by atoms with E-state index in [-0.39, 0.29) is 5.78 Å². The first-order valence-corrected chi connectivity index (χ1v) is 6.98. The van der Waals surface area contributed by atoms with E-state index in [1.165, 1.54) is 0 Å². The first-order valence-electron chi connectivity index (χ1n) is 6.19. The normalized spacial score (nSPS) is 25.0. The number of ether oxygens (including phenoxy) is 1. The van der Waals surface area contributed by atoms with Gasteiger partial charge < -0.3 is 4.74 Å². The highest BCUT2D eigenvalue weighted by Gasteiger charge is 2.55. The lowest BCUT2D eigenvalue weighted by molar-refractivity contribution is -0.186. The minimum atomic E-state index is -1.07. The fourth-order valence-corrected chi connectivity index (χ4v) is 2.81. The van der Waals surface area contributed by atoms with Gasteiger partial charge in [0.05, 0.1) is 5.41 Å². The lowest BCUT2D eigenvalue weighted by Crippen LogP contribution is -2.52. The Morgan fingerprint density at radius 3 is 2.11 bits per heavy atom. The molecular weight excluding hydrogens is 308 g/mol. The highest BCUT2D eigenvalue weighted by Crippen LogP contribution is 2.47. The predicted molar refractivity (Wildman–Crippen MR) is 75.5 cm³/mol. The molecule has 4 heteroatoms. The van der Waals surface area contributed by atoms with Crippen LogP contribution in [0.25, 0.3) is 0 Å². The second kappa shape index (κ2) is 4.44. The van der Waals surface area contributed by atoms with Crippen molar-refractivity contribution in [2.75, 3.05) is 0 Å². The molecule has 1 aliphatic heterocycles. The smallest absolute Gasteiger partial charge is 0.319 e. The molecule has 1 heterocycles. The van der Waals surface area contributed by atoms with E-state index in [2.05, 4.69) is 15.9 Å². The van der Waals surface area contributed by atoms with Crippen LogP contribution in [0.5, 0.6) is 0 Å². The molecule has 1 aromatic carbocycles. The molecule has 0 radical (unpaired) electrons. The van der Waals surface area contributed by atoms with Gasteiger partial charge in [-0.15, -0.1) is 0 Å². The number of cyclic esters (lactones) is 1. The number of ketones is 1. The zero-order chi connectivity index (χ0) is 14.4. The topological polar surface area (TPSA) is 43.4 Å². The molecule has 0 spiro atoms. The third-order valence-electron chi connectivity index (χ3n) is 3.72. The van der Waals surface area contributed by atoms with E-state index in [9.17, 15) is 9.59 Å². The molecule has 0 aliphatic carbocycles. The van der Waals surface area contributed by atoms with Crippen LogP contribution in [-0.4, -0.2) is 11.8 Å². The Morgan fingerprint density at radius 2 is 1.58 bits per heavy atom. The SMILES string of the molecule is CC1(C)C(=O)O[C@H](c2ccc(Br)cc2)C(C)(C)C1=O. The van der Waals surface area contributed by atoms with Gasteiger partial charge in [0, 0.05) is 4.47 Å². The number of hydrogen-bond acceptors (Lipinski definition) is 3. The maximum atomic E-state index is 12.5. The third-order valence-corrected chi connectivity index (χ3v) is 4.24. The molecule has 0 bridgehead atoms. The van der Waals surface area contributed by atoms with E-state index in [1.54, 1.807) is 13.8 Å². The molecule has 1 fully saturated rings. The van der Waals surface area contributed by atoms with Crippen molar-refractivity contribution in [1.29, 1.82) is 0 Å². The summed E-state index contributed by atoms with van der Waals surface area (Å²) in [7, 11) is 0. The van der Waals surface area contributed by atoms with Crippen LogP contribution >= 0.6 is 15.9 Å². The largest absolute Gasteiger partial charge is 0.456 e. The van der Waals surface area contributed by atoms with Crippen molar-refractivity contribution in [2.45, 2.75) is 33.8 Å². The second-order valence-electron chi connectivity index (χ2n) is 6.01. The highest BCUT2D eigenvalue weighted by atomic mass is 79.9. The molecular formula is C15H17BrO3. The first kappa shape index (κ1) is 14.3. The number of hydrogen-bond donors (Lipinski definition) is 0. The number of carbonyl (C=O) groups is 2. The lowest BCUT2D eigenvalue weighted by atomic mass is 9.67. The maximum Gasteiger partial charge on any atom is 0.319 e. The minimum absolute atomic E-state index is 0.0795. The van der Waals surface area contributed by atoms with Crippen LogP contribution in [0.3, 0.4) is 0 Å². The van der Waals surface area contributed by atoms with Crippen LogP contribution in [0.15, 0.2) is 28.7 Å². The molecule has 0 unspecified atom stereocenters. The Bertz CT molecular complexity index is 529. The Hall–Kier alpha value is -1.16. The van der Waals surface area contributed by atoms with Gasteiger partial charge in [0.2, 0.25) is 0 Å². The van der Waals surface area contributed by atoms with E-state index in [1.807, 2.05) is 38.1 Å². The van der Waals surface area contributed by atoms with Crippen LogP contribution in [0.2, 0.25) is 0 Å². The average Bonchev–Trinajstić information content (AvgIpc) is 2.34. The van der Waals surface area contributed by atoms with E-state index >= 15 is 0 Å². The van der Waals surface area contributed by atoms with Crippen LogP contribution in [-0.2, 0) is 14.3 Å². The summed E-state index contributed by atoms with van der Waals surface area (Å²) in [5, 5.41) is 0. The Morgan fingerprint density at radius 1 is 1.05 bits per heavy atom. The summed E-state index contributed by atoms with van der Waals surface area (Å²) in [5.74, 6) is -0.533. The van der Waals surface area contributed by atoms with Gasteiger partial charge in [0.1, 0.15) is 11.5 Å². The summed E-state index contributed by atoms with van der Waals surface area (Å²) in [6.07, 6.45) is -0.534. The molecule has 1 saturated heterocycles. The van der Waals surface area contributed by atoms with Crippen LogP contribution in [0.1, 0.15) is 39.4 Å². The van der Waals surface area contributed by atoms with Crippen molar-refractivity contribution < 1.29 is 14.3 Å². The summed E-state index contributed by atoms with van der Waals surface area (Å²) in [6.45, 7) is 6.90. The number of esters is 1. The lowest BCUT2D eigenvalue weighted by Gasteiger charge is -2.43. The van der Waals surface area contributed by atoms with Gasteiger partial charge in [-0.2, -0.15) is 0 Å². The van der Waals surface area contributed by atoms with Crippen molar-refractivity contribution in [3.8, 4) is 0 Å². The second-order valence-corrected chi connectivity index (χ2v) is 6.93. The van der Waals surface area contributed by atoms with Crippen LogP contribution in [0, 0.1) is 10.8 Å². The van der Waals surface area contributed by atoms with Crippen molar-refractivity contribution in [1.82, 2.24) is 0 Å². The van der Waals surface area contributed by atoms with Crippen LogP contribution < -0.4 is 0 Å². The minimum Gasteiger partial charge on any atom is -0.456 e. The van der Waals surface area contributed by atoms with Gasteiger partial charge >= 0.3 is 5.97 Å². The standard InChI is InChI=1S/C15H17BrO3/c1-14(2)11(9-5-7-10(16)8-6-9)19-13(18)15(3,4)12(14)17/h5-8,11H,1-4H3/t11-/m1/s1. The molecule has 2 rings (SSSR count). The van der Waals surface area contributed by atoms with Crippen molar-refractivity contribution in [3.05, 3.63) is 34.3 Å². The average molecular weight is 325 g/mol. The molecule has 1 atom stereocenters. The Kier molecular flexibility index (Phi) is 3.33. The molecule has 19 heavy (non-hydrogen) atoms. The van der Waals surface area contributed by atoms with Gasteiger partial charge in [-0.3, -0.25) is 9.59 Å². The Labute approximate surface area is 121 Å². The maximum absolute atomic E-state index is 12.5. The quantitative estimate of drug-likeness (QED) is 0.584. The third kappa shape index (κ3) is 2.22. The molecule has 3 nitrogen and oxygen atoms in total. The van der Waals surface area contributed by atoms with E-state index in [0.29, 0.717) is 0 Å². The fourth-order valence-electron chi connectivity index (χ4n) is 2.54. The molecule has 0 saturated carbocycles. The van der Waals surface area contributed by atoms with Gasteiger partial charge in [0.25, 0.3) is 0 Å². The van der Waals surface area contributed by atoms with Crippen molar-refractivity contribution in [3.63, 3.8) is 0 Å². The summed E-state index contributed by atoms with van der Waals surface area (Å²) in [6, 6.07) is 7.50. The summed E-state index contributed by atoms with van der Waals surface area (Å²) in [5.41, 5.74) is -0.967.